The van der Waals surface area contributed by atoms with Crippen molar-refractivity contribution in [1.29, 1.82) is 0 Å². The zero-order valence-corrected chi connectivity index (χ0v) is 8.47. The highest BCUT2D eigenvalue weighted by Gasteiger charge is 2.47. The molecule has 0 aromatic heterocycles. The van der Waals surface area contributed by atoms with Crippen molar-refractivity contribution in [2.24, 2.45) is 0 Å². The van der Waals surface area contributed by atoms with E-state index in [1.165, 1.54) is 18.2 Å². The van der Waals surface area contributed by atoms with Crippen LogP contribution in [0.25, 0.3) is 0 Å². The van der Waals surface area contributed by atoms with Crippen LogP contribution in [0, 0.1) is 0 Å². The van der Waals surface area contributed by atoms with E-state index in [1.807, 2.05) is 0 Å². The van der Waals surface area contributed by atoms with E-state index in [-0.39, 0.29) is 0 Å². The fourth-order valence-electron chi connectivity index (χ4n) is 1.33. The van der Waals surface area contributed by atoms with Gasteiger partial charge in [-0.2, -0.15) is 0 Å². The fourth-order valence-corrected chi connectivity index (χ4v) is 1.33. The van der Waals surface area contributed by atoms with Gasteiger partial charge in [0.25, 0.3) is 5.60 Å². The summed E-state index contributed by atoms with van der Waals surface area (Å²) < 4.78 is 9.35. The van der Waals surface area contributed by atoms with Gasteiger partial charge < -0.3 is 14.6 Å². The van der Waals surface area contributed by atoms with E-state index < -0.39 is 23.6 Å². The Morgan fingerprint density at radius 1 is 1.40 bits per heavy atom. The first-order valence-corrected chi connectivity index (χ1v) is 4.35. The summed E-state index contributed by atoms with van der Waals surface area (Å²) in [5.41, 5.74) is -1.75. The highest BCUT2D eigenvalue weighted by atomic mass is 16.6. The minimum Gasteiger partial charge on any atom is -0.466 e. The Balaban J connectivity index is 3.05. The van der Waals surface area contributed by atoms with Gasteiger partial charge in [0.15, 0.2) is 0 Å². The summed E-state index contributed by atoms with van der Waals surface area (Å²) in [7, 11) is 1.16. The molecule has 0 aromatic rings. The number of aliphatic hydroxyl groups excluding tert-OH is 1. The second-order valence-electron chi connectivity index (χ2n) is 3.07. The molecule has 0 unspecified atom stereocenters. The third kappa shape index (κ3) is 2.07. The second-order valence-corrected chi connectivity index (χ2v) is 3.07. The number of aliphatic hydroxyl groups is 1. The number of methoxy groups -OCH3 is 1. The van der Waals surface area contributed by atoms with Crippen LogP contribution in [0.2, 0.25) is 0 Å². The van der Waals surface area contributed by atoms with E-state index in [2.05, 4.69) is 4.74 Å². The van der Waals surface area contributed by atoms with E-state index in [0.29, 0.717) is 0 Å². The molecule has 15 heavy (non-hydrogen) atoms. The van der Waals surface area contributed by atoms with Crippen LogP contribution in [0.1, 0.15) is 6.92 Å². The normalized spacial score (nSPS) is 28.6. The molecule has 0 heterocycles. The van der Waals surface area contributed by atoms with Gasteiger partial charge in [-0.25, -0.2) is 4.79 Å². The van der Waals surface area contributed by atoms with Gasteiger partial charge in [-0.15, -0.1) is 0 Å². The monoisotopic (exact) mass is 212 g/mol. The van der Waals surface area contributed by atoms with Gasteiger partial charge >= 0.3 is 11.9 Å². The first-order chi connectivity index (χ1) is 7.03. The van der Waals surface area contributed by atoms with Crippen LogP contribution in [0.5, 0.6) is 0 Å². The van der Waals surface area contributed by atoms with Crippen LogP contribution >= 0.6 is 0 Å². The molecule has 1 rings (SSSR count). The molecule has 0 spiro atoms. The Hall–Kier alpha value is -1.62. The third-order valence-corrected chi connectivity index (χ3v) is 2.00. The molecule has 0 bridgehead atoms. The number of carbonyl (C=O) groups is 2. The third-order valence-electron chi connectivity index (χ3n) is 2.00. The summed E-state index contributed by atoms with van der Waals surface area (Å²) in [6, 6.07) is 0. The zero-order chi connectivity index (χ0) is 11.5. The number of hydrogen-bond acceptors (Lipinski definition) is 5. The topological polar surface area (TPSA) is 72.8 Å². The molecule has 1 N–H and O–H groups in total. The first-order valence-electron chi connectivity index (χ1n) is 4.35. The van der Waals surface area contributed by atoms with Crippen LogP contribution in [0.15, 0.2) is 24.3 Å². The molecular weight excluding hydrogens is 200 g/mol. The van der Waals surface area contributed by atoms with Gasteiger partial charge in [-0.3, -0.25) is 4.79 Å². The molecule has 0 radical (unpaired) electrons. The molecule has 2 atom stereocenters. The summed E-state index contributed by atoms with van der Waals surface area (Å²) in [5.74, 6) is -1.48. The van der Waals surface area contributed by atoms with Crippen LogP contribution in [-0.4, -0.2) is 35.9 Å². The van der Waals surface area contributed by atoms with Crippen LogP contribution in [0.3, 0.4) is 0 Å². The maximum atomic E-state index is 11.5. The Kier molecular flexibility index (Phi) is 3.26. The maximum Gasteiger partial charge on any atom is 0.357 e. The van der Waals surface area contributed by atoms with E-state index in [9.17, 15) is 14.7 Å². The fraction of sp³-hybridized carbons (Fsp3) is 0.400. The van der Waals surface area contributed by atoms with Crippen molar-refractivity contribution in [2.45, 2.75) is 18.6 Å². The van der Waals surface area contributed by atoms with Crippen molar-refractivity contribution in [2.75, 3.05) is 7.11 Å². The summed E-state index contributed by atoms with van der Waals surface area (Å²) in [6.07, 6.45) is 4.46. The van der Waals surface area contributed by atoms with E-state index in [4.69, 9.17) is 4.74 Å². The van der Waals surface area contributed by atoms with E-state index >= 15 is 0 Å². The smallest absolute Gasteiger partial charge is 0.357 e. The number of hydrogen-bond donors (Lipinski definition) is 1. The van der Waals surface area contributed by atoms with Crippen molar-refractivity contribution >= 4 is 11.9 Å². The minimum absolute atomic E-state index is 0.667. The lowest BCUT2D eigenvalue weighted by Crippen LogP contribution is -2.51. The highest BCUT2D eigenvalue weighted by molar-refractivity contribution is 5.86. The summed E-state index contributed by atoms with van der Waals surface area (Å²) >= 11 is 0. The summed E-state index contributed by atoms with van der Waals surface area (Å²) in [5, 5.41) is 9.65. The van der Waals surface area contributed by atoms with Crippen molar-refractivity contribution < 1.29 is 24.2 Å². The molecular formula is C10H12O5. The lowest BCUT2D eigenvalue weighted by Gasteiger charge is -2.31. The van der Waals surface area contributed by atoms with Crippen LogP contribution in [-0.2, 0) is 19.1 Å². The lowest BCUT2D eigenvalue weighted by atomic mass is 9.92. The predicted molar refractivity (Wildman–Crippen MR) is 50.8 cm³/mol. The van der Waals surface area contributed by atoms with Gasteiger partial charge in [0.05, 0.1) is 7.11 Å². The zero-order valence-electron chi connectivity index (χ0n) is 8.47. The van der Waals surface area contributed by atoms with Gasteiger partial charge in [-0.1, -0.05) is 18.2 Å². The molecule has 1 aliphatic rings. The average Bonchev–Trinajstić information content (AvgIpc) is 2.19. The van der Waals surface area contributed by atoms with E-state index in [0.717, 1.165) is 14.0 Å². The Morgan fingerprint density at radius 2 is 2.07 bits per heavy atom. The molecule has 5 heteroatoms. The molecule has 82 valence electrons. The van der Waals surface area contributed by atoms with Gasteiger partial charge in [-0.05, 0) is 6.08 Å². The van der Waals surface area contributed by atoms with Crippen molar-refractivity contribution in [3.8, 4) is 0 Å². The molecule has 0 amide bonds. The summed E-state index contributed by atoms with van der Waals surface area (Å²) in [4.78, 5) is 22.4. The number of rotatable bonds is 2. The Bertz CT molecular complexity index is 331. The van der Waals surface area contributed by atoms with Gasteiger partial charge in [0.2, 0.25) is 0 Å². The number of ether oxygens (including phenoxy) is 2. The minimum atomic E-state index is -1.75. The Labute approximate surface area is 87.0 Å². The van der Waals surface area contributed by atoms with E-state index in [1.54, 1.807) is 6.08 Å². The molecule has 1 aliphatic carbocycles. The highest BCUT2D eigenvalue weighted by Crippen LogP contribution is 2.25. The quantitative estimate of drug-likeness (QED) is 0.649. The molecule has 0 saturated heterocycles. The number of esters is 2. The SMILES string of the molecule is COC(=O)[C@]1(OC(C)=O)C=CC=C[C@@H]1O. The lowest BCUT2D eigenvalue weighted by molar-refractivity contribution is -0.182. The molecule has 5 nitrogen and oxygen atoms in total. The number of allylic oxidation sites excluding steroid dienone is 2. The average molecular weight is 212 g/mol. The van der Waals surface area contributed by atoms with Crippen molar-refractivity contribution in [3.63, 3.8) is 0 Å². The predicted octanol–water partition coefficient (Wildman–Crippen LogP) is -0.0518. The molecule has 0 aromatic carbocycles. The standard InChI is InChI=1S/C10H12O5/c1-7(11)15-10(9(13)14-2)6-4-3-5-8(10)12/h3-6,8,12H,1-2H3/t8-,10-/m0/s1. The first kappa shape index (κ1) is 11.5. The molecule has 0 saturated carbocycles. The Morgan fingerprint density at radius 3 is 2.53 bits per heavy atom. The largest absolute Gasteiger partial charge is 0.466 e. The van der Waals surface area contributed by atoms with Crippen LogP contribution < -0.4 is 0 Å². The van der Waals surface area contributed by atoms with Gasteiger partial charge in [0.1, 0.15) is 6.10 Å². The van der Waals surface area contributed by atoms with Gasteiger partial charge in [0, 0.05) is 6.92 Å². The molecule has 0 aliphatic heterocycles. The van der Waals surface area contributed by atoms with Crippen molar-refractivity contribution in [3.05, 3.63) is 24.3 Å². The van der Waals surface area contributed by atoms with Crippen LogP contribution in [0.4, 0.5) is 0 Å². The second kappa shape index (κ2) is 4.27. The van der Waals surface area contributed by atoms with Crippen molar-refractivity contribution in [1.82, 2.24) is 0 Å². The number of carbonyl (C=O) groups excluding carboxylic acids is 2. The maximum absolute atomic E-state index is 11.5. The molecule has 0 fully saturated rings. The summed E-state index contributed by atoms with van der Waals surface area (Å²) in [6.45, 7) is 1.16.